The number of anilines is 1. The summed E-state index contributed by atoms with van der Waals surface area (Å²) in [6, 6.07) is 9.07. The smallest absolute Gasteiger partial charge is 0.232 e. The quantitative estimate of drug-likeness (QED) is 0.774. The van der Waals surface area contributed by atoms with Crippen LogP contribution in [0.3, 0.4) is 0 Å². The first-order valence-electron chi connectivity index (χ1n) is 6.48. The maximum absolute atomic E-state index is 11.5. The van der Waals surface area contributed by atoms with E-state index in [4.69, 9.17) is 0 Å². The van der Waals surface area contributed by atoms with Crippen molar-refractivity contribution in [2.75, 3.05) is 10.5 Å². The van der Waals surface area contributed by atoms with Crippen LogP contribution < -0.4 is 4.72 Å². The van der Waals surface area contributed by atoms with Crippen LogP contribution >= 0.6 is 0 Å². The number of fused-ring (bicyclic) bond motifs is 1. The zero-order valence-electron chi connectivity index (χ0n) is 11.4. The molecule has 0 bridgehead atoms. The van der Waals surface area contributed by atoms with Gasteiger partial charge in [-0.1, -0.05) is 12.1 Å². The Morgan fingerprint density at radius 1 is 1.14 bits per heavy atom. The predicted octanol–water partition coefficient (Wildman–Crippen LogP) is 2.39. The van der Waals surface area contributed by atoms with Crippen LogP contribution in [0.1, 0.15) is 6.92 Å². The van der Waals surface area contributed by atoms with E-state index in [0.29, 0.717) is 5.69 Å². The first kappa shape index (κ1) is 13.6. The number of nitrogens with zero attached hydrogens (tertiary/aromatic N) is 2. The summed E-state index contributed by atoms with van der Waals surface area (Å²) in [4.78, 5) is 11.4. The number of aromatic amines is 1. The van der Waals surface area contributed by atoms with Gasteiger partial charge in [-0.3, -0.25) is 4.72 Å². The van der Waals surface area contributed by atoms with Gasteiger partial charge in [-0.25, -0.2) is 18.4 Å². The Hall–Kier alpha value is -2.41. The molecule has 6 nitrogen and oxygen atoms in total. The first-order chi connectivity index (χ1) is 10.1. The Labute approximate surface area is 122 Å². The number of imidazole rings is 1. The van der Waals surface area contributed by atoms with E-state index in [1.807, 2.05) is 18.2 Å². The number of sulfonamides is 1. The van der Waals surface area contributed by atoms with E-state index in [0.717, 1.165) is 22.3 Å². The lowest BCUT2D eigenvalue weighted by Crippen LogP contribution is -2.14. The topological polar surface area (TPSA) is 87.7 Å². The third kappa shape index (κ3) is 2.73. The average Bonchev–Trinajstić information content (AvgIpc) is 2.96. The van der Waals surface area contributed by atoms with Crippen molar-refractivity contribution < 1.29 is 8.42 Å². The Morgan fingerprint density at radius 2 is 1.90 bits per heavy atom. The minimum atomic E-state index is -3.25. The molecule has 0 aliphatic rings. The summed E-state index contributed by atoms with van der Waals surface area (Å²) in [6.07, 6.45) is 3.31. The Bertz CT molecular complexity index is 869. The lowest BCUT2D eigenvalue weighted by molar-refractivity contribution is 0.602. The van der Waals surface area contributed by atoms with Gasteiger partial charge < -0.3 is 4.98 Å². The molecular weight excluding hydrogens is 288 g/mol. The number of hydrogen-bond acceptors (Lipinski definition) is 4. The van der Waals surface area contributed by atoms with Crippen LogP contribution in [0.25, 0.3) is 22.3 Å². The molecule has 1 aromatic carbocycles. The molecule has 0 amide bonds. The predicted molar refractivity (Wildman–Crippen MR) is 82.4 cm³/mol. The summed E-state index contributed by atoms with van der Waals surface area (Å²) in [7, 11) is -3.25. The number of pyridine rings is 1. The zero-order chi connectivity index (χ0) is 14.9. The summed E-state index contributed by atoms with van der Waals surface area (Å²) < 4.78 is 25.6. The van der Waals surface area contributed by atoms with E-state index in [2.05, 4.69) is 19.7 Å². The number of H-pyrrole nitrogens is 1. The molecule has 0 saturated heterocycles. The largest absolute Gasteiger partial charge is 0.329 e. The lowest BCUT2D eigenvalue weighted by atomic mass is 10.1. The van der Waals surface area contributed by atoms with Gasteiger partial charge in [0.1, 0.15) is 5.52 Å². The van der Waals surface area contributed by atoms with E-state index in [1.165, 1.54) is 0 Å². The highest BCUT2D eigenvalue weighted by molar-refractivity contribution is 7.92. The fourth-order valence-electron chi connectivity index (χ4n) is 2.05. The molecule has 0 atom stereocenters. The fourth-order valence-corrected chi connectivity index (χ4v) is 2.69. The molecular formula is C14H14N4O2S. The van der Waals surface area contributed by atoms with Gasteiger partial charge in [-0.15, -0.1) is 0 Å². The molecule has 0 radical (unpaired) electrons. The lowest BCUT2D eigenvalue weighted by Gasteiger charge is -2.07. The molecule has 2 N–H and O–H groups in total. The summed E-state index contributed by atoms with van der Waals surface area (Å²) in [5.41, 5.74) is 3.97. The van der Waals surface area contributed by atoms with Crippen molar-refractivity contribution in [1.29, 1.82) is 0 Å². The van der Waals surface area contributed by atoms with Gasteiger partial charge in [-0.05, 0) is 30.7 Å². The fraction of sp³-hybridized carbons (Fsp3) is 0.143. The number of aromatic nitrogens is 3. The normalized spacial score (nSPS) is 11.7. The van der Waals surface area contributed by atoms with Crippen molar-refractivity contribution >= 4 is 26.9 Å². The van der Waals surface area contributed by atoms with Crippen molar-refractivity contribution in [2.24, 2.45) is 0 Å². The Kier molecular flexibility index (Phi) is 3.34. The van der Waals surface area contributed by atoms with Gasteiger partial charge in [0, 0.05) is 17.4 Å². The van der Waals surface area contributed by atoms with Gasteiger partial charge in [0.25, 0.3) is 0 Å². The average molecular weight is 302 g/mol. The standard InChI is InChI=1S/C14H14N4O2S/c1-2-21(19,20)18-11-5-3-10(4-6-11)12-7-8-15-14-13(12)16-9-17-14/h3-9,18H,2H2,1H3,(H,15,16,17). The van der Waals surface area contributed by atoms with Crippen LogP contribution in [0, 0.1) is 0 Å². The molecule has 0 aliphatic heterocycles. The van der Waals surface area contributed by atoms with Crippen LogP contribution in [0.5, 0.6) is 0 Å². The highest BCUT2D eigenvalue weighted by Crippen LogP contribution is 2.26. The number of rotatable bonds is 4. The Morgan fingerprint density at radius 3 is 2.62 bits per heavy atom. The molecule has 21 heavy (non-hydrogen) atoms. The van der Waals surface area contributed by atoms with E-state index in [9.17, 15) is 8.42 Å². The second kappa shape index (κ2) is 5.17. The maximum Gasteiger partial charge on any atom is 0.232 e. The van der Waals surface area contributed by atoms with E-state index in [1.54, 1.807) is 31.6 Å². The highest BCUT2D eigenvalue weighted by atomic mass is 32.2. The molecule has 0 aliphatic carbocycles. The van der Waals surface area contributed by atoms with Crippen molar-refractivity contribution in [3.8, 4) is 11.1 Å². The summed E-state index contributed by atoms with van der Waals surface area (Å²) in [5, 5.41) is 0. The molecule has 108 valence electrons. The van der Waals surface area contributed by atoms with Crippen LogP contribution in [0.15, 0.2) is 42.9 Å². The van der Waals surface area contributed by atoms with E-state index >= 15 is 0 Å². The molecule has 0 unspecified atom stereocenters. The minimum Gasteiger partial charge on any atom is -0.329 e. The van der Waals surface area contributed by atoms with E-state index in [-0.39, 0.29) is 5.75 Å². The van der Waals surface area contributed by atoms with Crippen LogP contribution in [0.4, 0.5) is 5.69 Å². The molecule has 0 spiro atoms. The van der Waals surface area contributed by atoms with E-state index < -0.39 is 10.0 Å². The number of hydrogen-bond donors (Lipinski definition) is 2. The van der Waals surface area contributed by atoms with Gasteiger partial charge in [-0.2, -0.15) is 0 Å². The third-order valence-electron chi connectivity index (χ3n) is 3.17. The highest BCUT2D eigenvalue weighted by Gasteiger charge is 2.09. The number of benzene rings is 1. The van der Waals surface area contributed by atoms with Crippen LogP contribution in [-0.2, 0) is 10.0 Å². The SMILES string of the molecule is CCS(=O)(=O)Nc1ccc(-c2ccnc3[nH]cnc23)cc1. The van der Waals surface area contributed by atoms with Crippen molar-refractivity contribution in [3.05, 3.63) is 42.9 Å². The van der Waals surface area contributed by atoms with Crippen LogP contribution in [-0.4, -0.2) is 29.1 Å². The second-order valence-corrected chi connectivity index (χ2v) is 6.55. The number of nitrogens with one attached hydrogen (secondary N) is 2. The third-order valence-corrected chi connectivity index (χ3v) is 4.48. The van der Waals surface area contributed by atoms with Gasteiger partial charge in [0.15, 0.2) is 5.65 Å². The minimum absolute atomic E-state index is 0.0486. The van der Waals surface area contributed by atoms with Gasteiger partial charge >= 0.3 is 0 Å². The zero-order valence-corrected chi connectivity index (χ0v) is 12.2. The molecule has 2 heterocycles. The van der Waals surface area contributed by atoms with Crippen molar-refractivity contribution in [3.63, 3.8) is 0 Å². The molecule has 3 aromatic rings. The molecule has 7 heteroatoms. The molecule has 0 saturated carbocycles. The first-order valence-corrected chi connectivity index (χ1v) is 8.13. The van der Waals surface area contributed by atoms with Gasteiger partial charge in [0.2, 0.25) is 10.0 Å². The van der Waals surface area contributed by atoms with Gasteiger partial charge in [0.05, 0.1) is 12.1 Å². The monoisotopic (exact) mass is 302 g/mol. The summed E-state index contributed by atoms with van der Waals surface area (Å²) >= 11 is 0. The Balaban J connectivity index is 1.96. The summed E-state index contributed by atoms with van der Waals surface area (Å²) in [5.74, 6) is 0.0486. The molecule has 0 fully saturated rings. The second-order valence-electron chi connectivity index (χ2n) is 4.54. The molecule has 3 rings (SSSR count). The van der Waals surface area contributed by atoms with Crippen molar-refractivity contribution in [1.82, 2.24) is 15.0 Å². The maximum atomic E-state index is 11.5. The summed E-state index contributed by atoms with van der Waals surface area (Å²) in [6.45, 7) is 1.60. The van der Waals surface area contributed by atoms with Crippen molar-refractivity contribution in [2.45, 2.75) is 6.92 Å². The van der Waals surface area contributed by atoms with Crippen LogP contribution in [0.2, 0.25) is 0 Å². The molecule has 2 aromatic heterocycles.